The molecule has 0 radical (unpaired) electrons. The van der Waals surface area contributed by atoms with E-state index in [-0.39, 0.29) is 11.2 Å². The van der Waals surface area contributed by atoms with Crippen molar-refractivity contribution in [3.8, 4) is 0 Å². The van der Waals surface area contributed by atoms with Gasteiger partial charge < -0.3 is 14.6 Å². The molecule has 2 aliphatic heterocycles. The first-order valence-electron chi connectivity index (χ1n) is 8.22. The number of fused-ring (bicyclic) bond motifs is 1. The van der Waals surface area contributed by atoms with Gasteiger partial charge in [-0.25, -0.2) is 4.98 Å². The van der Waals surface area contributed by atoms with Gasteiger partial charge >= 0.3 is 0 Å². The van der Waals surface area contributed by atoms with Crippen LogP contribution in [0.5, 0.6) is 0 Å². The number of likely N-dealkylation sites (tertiary alicyclic amines) is 1. The molecule has 0 aliphatic carbocycles. The molecule has 0 saturated carbocycles. The Morgan fingerprint density at radius 3 is 2.96 bits per heavy atom. The van der Waals surface area contributed by atoms with E-state index in [1.807, 2.05) is 6.07 Å². The van der Waals surface area contributed by atoms with E-state index in [9.17, 15) is 4.79 Å². The van der Waals surface area contributed by atoms with E-state index in [0.717, 1.165) is 55.2 Å². The smallest absolute Gasteiger partial charge is 0.236 e. The van der Waals surface area contributed by atoms with E-state index in [1.165, 1.54) is 5.56 Å². The van der Waals surface area contributed by atoms with Crippen molar-refractivity contribution >= 4 is 28.7 Å². The fourth-order valence-electron chi connectivity index (χ4n) is 3.43. The second-order valence-corrected chi connectivity index (χ2v) is 7.52. The fraction of sp³-hybridized carbons (Fsp3) is 0.529. The number of nitrogens with one attached hydrogen (secondary N) is 1. The highest BCUT2D eigenvalue weighted by atomic mass is 32.2. The third-order valence-corrected chi connectivity index (χ3v) is 5.83. The number of rotatable bonds is 3. The zero-order valence-electron chi connectivity index (χ0n) is 13.2. The Hall–Kier alpha value is -1.53. The van der Waals surface area contributed by atoms with Crippen LogP contribution in [-0.2, 0) is 9.53 Å². The number of imidazole rings is 1. The summed E-state index contributed by atoms with van der Waals surface area (Å²) >= 11 is 1.57. The second-order valence-electron chi connectivity index (χ2n) is 6.33. The molecule has 4 rings (SSSR count). The van der Waals surface area contributed by atoms with Crippen molar-refractivity contribution in [1.29, 1.82) is 0 Å². The van der Waals surface area contributed by atoms with Crippen molar-refractivity contribution in [1.82, 2.24) is 14.9 Å². The van der Waals surface area contributed by atoms with Crippen LogP contribution in [0.2, 0.25) is 0 Å². The van der Waals surface area contributed by atoms with Crippen LogP contribution in [0.3, 0.4) is 0 Å². The number of hydrogen-bond acceptors (Lipinski definition) is 4. The normalized spacial score (nSPS) is 23.1. The highest BCUT2D eigenvalue weighted by Crippen LogP contribution is 2.32. The first-order valence-corrected chi connectivity index (χ1v) is 9.10. The second kappa shape index (κ2) is 6.17. The molecule has 6 heteroatoms. The topological polar surface area (TPSA) is 58.2 Å². The Bertz CT molecular complexity index is 724. The minimum absolute atomic E-state index is 0.0143. The molecule has 2 aliphatic rings. The Kier molecular flexibility index (Phi) is 4.03. The number of aromatic nitrogens is 2. The highest BCUT2D eigenvalue weighted by Gasteiger charge is 2.37. The molecule has 2 aromatic rings. The predicted molar refractivity (Wildman–Crippen MR) is 90.6 cm³/mol. The monoisotopic (exact) mass is 331 g/mol. The zero-order chi connectivity index (χ0) is 15.8. The molecule has 2 saturated heterocycles. The number of nitrogens with zero attached hydrogens (tertiary/aromatic N) is 2. The lowest BCUT2D eigenvalue weighted by Gasteiger charge is -2.31. The number of hydrogen-bond donors (Lipinski definition) is 1. The van der Waals surface area contributed by atoms with Gasteiger partial charge in [-0.1, -0.05) is 17.8 Å². The molecule has 1 atom stereocenters. The summed E-state index contributed by atoms with van der Waals surface area (Å²) in [6, 6.07) is 6.54. The van der Waals surface area contributed by atoms with Gasteiger partial charge in [-0.2, -0.15) is 0 Å². The maximum atomic E-state index is 12.7. The van der Waals surface area contributed by atoms with Crippen molar-refractivity contribution in [2.75, 3.05) is 19.8 Å². The standard InChI is InChI=1S/C17H21N3O2S/c1-11-2-3-13-14(10-11)19-17(18-13)23-15-4-7-20(16(15)21)12-5-8-22-9-6-12/h2-3,10,12,15H,4-9H2,1H3,(H,18,19)/t15-/m0/s1. The van der Waals surface area contributed by atoms with Gasteiger partial charge in [-0.3, -0.25) is 4.79 Å². The molecular formula is C17H21N3O2S. The van der Waals surface area contributed by atoms with E-state index in [4.69, 9.17) is 4.74 Å². The Morgan fingerprint density at radius 1 is 1.30 bits per heavy atom. The van der Waals surface area contributed by atoms with Gasteiger partial charge in [0.25, 0.3) is 0 Å². The van der Waals surface area contributed by atoms with Crippen molar-refractivity contribution in [3.05, 3.63) is 23.8 Å². The summed E-state index contributed by atoms with van der Waals surface area (Å²) in [5.41, 5.74) is 3.21. The maximum Gasteiger partial charge on any atom is 0.236 e. The lowest BCUT2D eigenvalue weighted by molar-refractivity contribution is -0.130. The summed E-state index contributed by atoms with van der Waals surface area (Å²) in [6.07, 6.45) is 2.83. The SMILES string of the molecule is Cc1ccc2nc(S[C@H]3CCN(C4CCOCC4)C3=O)[nH]c2c1. The molecule has 0 unspecified atom stereocenters. The molecule has 1 N–H and O–H groups in total. The molecule has 122 valence electrons. The number of thioether (sulfide) groups is 1. The molecule has 0 bridgehead atoms. The quantitative estimate of drug-likeness (QED) is 0.939. The number of carbonyl (C=O) groups is 1. The lowest BCUT2D eigenvalue weighted by Crippen LogP contribution is -2.41. The minimum atomic E-state index is -0.0143. The average molecular weight is 331 g/mol. The Labute approximate surface area is 139 Å². The van der Waals surface area contributed by atoms with Gasteiger partial charge in [0.05, 0.1) is 16.3 Å². The van der Waals surface area contributed by atoms with E-state index < -0.39 is 0 Å². The van der Waals surface area contributed by atoms with Crippen molar-refractivity contribution < 1.29 is 9.53 Å². The van der Waals surface area contributed by atoms with Crippen LogP contribution in [-0.4, -0.2) is 51.8 Å². The number of aromatic amines is 1. The minimum Gasteiger partial charge on any atom is -0.381 e. The van der Waals surface area contributed by atoms with Crippen molar-refractivity contribution in [3.63, 3.8) is 0 Å². The summed E-state index contributed by atoms with van der Waals surface area (Å²) in [7, 11) is 0. The van der Waals surface area contributed by atoms with Crippen LogP contribution >= 0.6 is 11.8 Å². The summed E-state index contributed by atoms with van der Waals surface area (Å²) in [5, 5.41) is 0.831. The van der Waals surface area contributed by atoms with Crippen LogP contribution in [0.4, 0.5) is 0 Å². The van der Waals surface area contributed by atoms with E-state index >= 15 is 0 Å². The van der Waals surface area contributed by atoms with Crippen LogP contribution in [0.25, 0.3) is 11.0 Å². The molecular weight excluding hydrogens is 310 g/mol. The third-order valence-electron chi connectivity index (χ3n) is 4.69. The van der Waals surface area contributed by atoms with E-state index in [0.29, 0.717) is 6.04 Å². The average Bonchev–Trinajstić information content (AvgIpc) is 3.12. The van der Waals surface area contributed by atoms with Crippen molar-refractivity contribution in [2.45, 2.75) is 42.6 Å². The number of benzene rings is 1. The van der Waals surface area contributed by atoms with Gasteiger partial charge in [0, 0.05) is 25.8 Å². The molecule has 1 aromatic heterocycles. The largest absolute Gasteiger partial charge is 0.381 e. The maximum absolute atomic E-state index is 12.7. The van der Waals surface area contributed by atoms with Gasteiger partial charge in [0.2, 0.25) is 5.91 Å². The highest BCUT2D eigenvalue weighted by molar-refractivity contribution is 8.00. The summed E-state index contributed by atoms with van der Waals surface area (Å²) < 4.78 is 5.40. The molecule has 5 nitrogen and oxygen atoms in total. The third kappa shape index (κ3) is 2.97. The number of aryl methyl sites for hydroxylation is 1. The fourth-order valence-corrected chi connectivity index (χ4v) is 4.48. The summed E-state index contributed by atoms with van der Waals surface area (Å²) in [5.74, 6) is 0.263. The molecule has 1 amide bonds. The van der Waals surface area contributed by atoms with Crippen LogP contribution in [0.15, 0.2) is 23.4 Å². The van der Waals surface area contributed by atoms with Crippen molar-refractivity contribution in [2.24, 2.45) is 0 Å². The summed E-state index contributed by atoms with van der Waals surface area (Å²) in [6.45, 7) is 4.48. The molecule has 0 spiro atoms. The van der Waals surface area contributed by atoms with E-state index in [1.54, 1.807) is 11.8 Å². The van der Waals surface area contributed by atoms with Crippen LogP contribution in [0, 0.1) is 6.92 Å². The Morgan fingerprint density at radius 2 is 2.13 bits per heavy atom. The summed E-state index contributed by atoms with van der Waals surface area (Å²) in [4.78, 5) is 22.7. The molecule has 23 heavy (non-hydrogen) atoms. The van der Waals surface area contributed by atoms with Gasteiger partial charge in [-0.05, 0) is 43.9 Å². The van der Waals surface area contributed by atoms with Gasteiger partial charge in [-0.15, -0.1) is 0 Å². The molecule has 2 fully saturated rings. The Balaban J connectivity index is 1.46. The number of carbonyl (C=O) groups excluding carboxylic acids is 1. The zero-order valence-corrected chi connectivity index (χ0v) is 14.1. The lowest BCUT2D eigenvalue weighted by atomic mass is 10.1. The van der Waals surface area contributed by atoms with E-state index in [2.05, 4.69) is 33.9 Å². The van der Waals surface area contributed by atoms with Gasteiger partial charge in [0.15, 0.2) is 5.16 Å². The van der Waals surface area contributed by atoms with Crippen LogP contribution in [0.1, 0.15) is 24.8 Å². The van der Waals surface area contributed by atoms with Crippen LogP contribution < -0.4 is 0 Å². The number of amides is 1. The first kappa shape index (κ1) is 15.0. The first-order chi connectivity index (χ1) is 11.2. The van der Waals surface area contributed by atoms with Gasteiger partial charge in [0.1, 0.15) is 0 Å². The predicted octanol–water partition coefficient (Wildman–Crippen LogP) is 2.74. The molecule has 1 aromatic carbocycles. The number of ether oxygens (including phenoxy) is 1. The molecule has 3 heterocycles. The number of H-pyrrole nitrogens is 1.